The van der Waals surface area contributed by atoms with E-state index in [1.165, 1.54) is 12.3 Å². The first-order valence-electron chi connectivity index (χ1n) is 11.8. The number of carbonyl (C=O) groups is 2. The second-order valence-corrected chi connectivity index (χ2v) is 7.74. The van der Waals surface area contributed by atoms with Crippen LogP contribution in [0.1, 0.15) is 29.3 Å². The topological polar surface area (TPSA) is 130 Å². The normalized spacial score (nSPS) is 10.2. The number of anilines is 3. The smallest absolute Gasteiger partial charge is 0.260 e. The molecule has 0 aliphatic carbocycles. The molecule has 0 spiro atoms. The van der Waals surface area contributed by atoms with Crippen molar-refractivity contribution in [2.45, 2.75) is 19.8 Å². The summed E-state index contributed by atoms with van der Waals surface area (Å²) < 4.78 is 5.64. The van der Waals surface area contributed by atoms with Gasteiger partial charge in [-0.25, -0.2) is 4.98 Å². The molecule has 10 nitrogen and oxygen atoms in total. The molecule has 188 valence electrons. The van der Waals surface area contributed by atoms with Gasteiger partial charge in [-0.15, -0.1) is 0 Å². The lowest BCUT2D eigenvalue weighted by molar-refractivity contribution is -0.116. The van der Waals surface area contributed by atoms with Crippen LogP contribution in [-0.2, 0) is 11.2 Å². The molecule has 0 saturated carbocycles. The molecule has 2 amide bonds. The molecule has 1 aromatic carbocycles. The lowest BCUT2D eigenvalue weighted by Gasteiger charge is -2.13. The molecule has 36 heavy (non-hydrogen) atoms. The highest BCUT2D eigenvalue weighted by Gasteiger charge is 2.15. The molecular weight excluding hydrogens is 458 g/mol. The zero-order valence-corrected chi connectivity index (χ0v) is 20.3. The third-order valence-corrected chi connectivity index (χ3v) is 4.97. The quantitative estimate of drug-likeness (QED) is 0.201. The van der Waals surface area contributed by atoms with Gasteiger partial charge < -0.3 is 26.0 Å². The number of carbonyl (C=O) groups excluding carboxylic acids is 2. The Morgan fingerprint density at radius 1 is 1.08 bits per heavy atom. The van der Waals surface area contributed by atoms with Crippen molar-refractivity contribution in [1.29, 1.82) is 0 Å². The maximum Gasteiger partial charge on any atom is 0.260 e. The fourth-order valence-corrected chi connectivity index (χ4v) is 3.16. The van der Waals surface area contributed by atoms with E-state index < -0.39 is 0 Å². The molecule has 3 aromatic rings. The summed E-state index contributed by atoms with van der Waals surface area (Å²) in [5.74, 6) is 0.867. The minimum atomic E-state index is -0.340. The van der Waals surface area contributed by atoms with Gasteiger partial charge >= 0.3 is 0 Å². The summed E-state index contributed by atoms with van der Waals surface area (Å²) >= 11 is 0. The number of hydrogen-bond acceptors (Lipinski definition) is 8. The van der Waals surface area contributed by atoms with Crippen molar-refractivity contribution in [2.75, 3.05) is 42.2 Å². The Hall–Kier alpha value is -4.47. The predicted octanol–water partition coefficient (Wildman–Crippen LogP) is 3.28. The molecule has 0 aliphatic rings. The number of hydrogen-bond donors (Lipinski definition) is 4. The molecule has 0 bridgehead atoms. The number of rotatable bonds is 14. The third-order valence-electron chi connectivity index (χ3n) is 4.97. The van der Waals surface area contributed by atoms with Crippen LogP contribution >= 0.6 is 0 Å². The highest BCUT2D eigenvalue weighted by atomic mass is 16.5. The lowest BCUT2D eigenvalue weighted by Crippen LogP contribution is -2.26. The highest BCUT2D eigenvalue weighted by molar-refractivity contribution is 6.07. The predicted molar refractivity (Wildman–Crippen MR) is 140 cm³/mol. The molecule has 2 aromatic heterocycles. The first-order valence-corrected chi connectivity index (χ1v) is 11.8. The van der Waals surface area contributed by atoms with Gasteiger partial charge in [0.05, 0.1) is 6.54 Å². The van der Waals surface area contributed by atoms with Crippen LogP contribution in [0.15, 0.2) is 67.6 Å². The van der Waals surface area contributed by atoms with Crippen LogP contribution in [0.5, 0.6) is 5.75 Å². The van der Waals surface area contributed by atoms with Gasteiger partial charge in [-0.1, -0.05) is 19.6 Å². The van der Waals surface area contributed by atoms with Crippen LogP contribution in [0.25, 0.3) is 0 Å². The SMILES string of the molecule is C=CC(=O)NCCOc1cccc(NC(=O)c2cnc(NCCc3ccncc3)nc2NCCC)c1. The molecule has 3 rings (SSSR count). The molecule has 10 heteroatoms. The Balaban J connectivity index is 1.61. The zero-order valence-electron chi connectivity index (χ0n) is 20.3. The Labute approximate surface area is 210 Å². The Morgan fingerprint density at radius 2 is 1.92 bits per heavy atom. The number of amides is 2. The largest absolute Gasteiger partial charge is 0.492 e. The first kappa shape index (κ1) is 26.1. The van der Waals surface area contributed by atoms with E-state index in [-0.39, 0.29) is 18.4 Å². The molecule has 4 N–H and O–H groups in total. The minimum absolute atomic E-state index is 0.260. The molecule has 0 unspecified atom stereocenters. The molecule has 0 aliphatic heterocycles. The highest BCUT2D eigenvalue weighted by Crippen LogP contribution is 2.20. The van der Waals surface area contributed by atoms with Crippen molar-refractivity contribution in [3.8, 4) is 5.75 Å². The van der Waals surface area contributed by atoms with E-state index in [0.717, 1.165) is 18.4 Å². The summed E-state index contributed by atoms with van der Waals surface area (Å²) in [7, 11) is 0. The van der Waals surface area contributed by atoms with E-state index in [2.05, 4.69) is 42.8 Å². The van der Waals surface area contributed by atoms with Crippen LogP contribution in [0.4, 0.5) is 17.5 Å². The maximum atomic E-state index is 13.0. The van der Waals surface area contributed by atoms with Gasteiger partial charge in [-0.2, -0.15) is 4.98 Å². The number of aromatic nitrogens is 3. The van der Waals surface area contributed by atoms with E-state index >= 15 is 0 Å². The summed E-state index contributed by atoms with van der Waals surface area (Å²) in [6.45, 7) is 7.38. The van der Waals surface area contributed by atoms with E-state index in [9.17, 15) is 9.59 Å². The van der Waals surface area contributed by atoms with E-state index in [1.54, 1.807) is 36.7 Å². The minimum Gasteiger partial charge on any atom is -0.492 e. The third kappa shape index (κ3) is 8.39. The van der Waals surface area contributed by atoms with Crippen LogP contribution in [-0.4, -0.2) is 53.0 Å². The molecule has 0 saturated heterocycles. The van der Waals surface area contributed by atoms with Gasteiger partial charge in [0, 0.05) is 43.4 Å². The Bertz CT molecular complexity index is 1160. The zero-order chi connectivity index (χ0) is 25.6. The second-order valence-electron chi connectivity index (χ2n) is 7.74. The first-order chi connectivity index (χ1) is 17.6. The van der Waals surface area contributed by atoms with Crippen LogP contribution in [0.2, 0.25) is 0 Å². The van der Waals surface area contributed by atoms with Crippen LogP contribution in [0.3, 0.4) is 0 Å². The number of nitrogens with zero attached hydrogens (tertiary/aromatic N) is 3. The summed E-state index contributed by atoms with van der Waals surface area (Å²) in [4.78, 5) is 37.1. The number of nitrogens with one attached hydrogen (secondary N) is 4. The fraction of sp³-hybridized carbons (Fsp3) is 0.269. The van der Waals surface area contributed by atoms with Crippen LogP contribution in [0, 0.1) is 0 Å². The van der Waals surface area contributed by atoms with Gasteiger partial charge in [-0.05, 0) is 48.7 Å². The van der Waals surface area contributed by atoms with Crippen molar-refractivity contribution >= 4 is 29.3 Å². The van der Waals surface area contributed by atoms with Crippen molar-refractivity contribution in [2.24, 2.45) is 0 Å². The fourth-order valence-electron chi connectivity index (χ4n) is 3.16. The number of ether oxygens (including phenoxy) is 1. The molecule has 2 heterocycles. The van der Waals surface area contributed by atoms with Gasteiger partial charge in [0.2, 0.25) is 11.9 Å². The van der Waals surface area contributed by atoms with E-state index in [4.69, 9.17) is 4.74 Å². The summed E-state index contributed by atoms with van der Waals surface area (Å²) in [6.07, 6.45) is 7.91. The average Bonchev–Trinajstić information content (AvgIpc) is 2.90. The van der Waals surface area contributed by atoms with Crippen molar-refractivity contribution in [3.05, 3.63) is 78.8 Å². The van der Waals surface area contributed by atoms with E-state index in [1.807, 2.05) is 19.1 Å². The molecule has 0 fully saturated rings. The van der Waals surface area contributed by atoms with Gasteiger partial charge in [0.15, 0.2) is 0 Å². The van der Waals surface area contributed by atoms with Crippen molar-refractivity contribution in [1.82, 2.24) is 20.3 Å². The van der Waals surface area contributed by atoms with Crippen molar-refractivity contribution in [3.63, 3.8) is 0 Å². The summed E-state index contributed by atoms with van der Waals surface area (Å²) in [6, 6.07) is 10.9. The standard InChI is InChI=1S/C26H31N7O3/c1-3-11-29-24-22(18-31-26(33-24)30-14-10-19-8-12-27-13-9-19)25(35)32-20-6-5-7-21(17-20)36-16-15-28-23(34)4-2/h4-9,12-13,17-18H,2-3,10-11,14-16H2,1H3,(H,28,34)(H,32,35)(H2,29,30,31,33). The number of benzene rings is 1. The molecular formula is C26H31N7O3. The van der Waals surface area contributed by atoms with Gasteiger partial charge in [0.25, 0.3) is 5.91 Å². The van der Waals surface area contributed by atoms with Crippen molar-refractivity contribution < 1.29 is 14.3 Å². The van der Waals surface area contributed by atoms with E-state index in [0.29, 0.717) is 48.4 Å². The van der Waals surface area contributed by atoms with Gasteiger partial charge in [-0.3, -0.25) is 14.6 Å². The van der Waals surface area contributed by atoms with Gasteiger partial charge in [0.1, 0.15) is 23.7 Å². The Kier molecular flexibility index (Phi) is 10.2. The van der Waals surface area contributed by atoms with Crippen LogP contribution < -0.4 is 26.0 Å². The Morgan fingerprint density at radius 3 is 2.69 bits per heavy atom. The molecule has 0 radical (unpaired) electrons. The average molecular weight is 490 g/mol. The summed E-state index contributed by atoms with van der Waals surface area (Å²) in [5.41, 5.74) is 2.06. The monoisotopic (exact) mass is 489 g/mol. The second kappa shape index (κ2) is 14.1. The lowest BCUT2D eigenvalue weighted by atomic mass is 10.2. The molecule has 0 atom stereocenters. The summed E-state index contributed by atoms with van der Waals surface area (Å²) in [5, 5.41) is 11.9. The number of pyridine rings is 1. The maximum absolute atomic E-state index is 13.0.